The lowest BCUT2D eigenvalue weighted by Crippen LogP contribution is -2.48. The number of aryl methyl sites for hydroxylation is 1. The first kappa shape index (κ1) is 14.5. The highest BCUT2D eigenvalue weighted by molar-refractivity contribution is 4.87. The quantitative estimate of drug-likeness (QED) is 0.848. The standard InChI is InChI=1S/C14H26N4O/c1-4-7-15-13-5-8-18(10-11(13)2)9-6-14-16-12(3)19-17-14/h11,13,15H,4-10H2,1-3H3. The van der Waals surface area contributed by atoms with E-state index in [9.17, 15) is 0 Å². The number of likely N-dealkylation sites (tertiary alicyclic amines) is 1. The number of piperidine rings is 1. The van der Waals surface area contributed by atoms with Gasteiger partial charge in [0.05, 0.1) is 0 Å². The second kappa shape index (κ2) is 7.01. The lowest BCUT2D eigenvalue weighted by atomic mass is 9.93. The molecule has 0 aromatic carbocycles. The maximum atomic E-state index is 5.00. The number of hydrogen-bond acceptors (Lipinski definition) is 5. The first-order valence-electron chi connectivity index (χ1n) is 7.44. The molecular formula is C14H26N4O. The van der Waals surface area contributed by atoms with Gasteiger partial charge in [0.15, 0.2) is 5.82 Å². The van der Waals surface area contributed by atoms with E-state index in [-0.39, 0.29) is 0 Å². The van der Waals surface area contributed by atoms with Gasteiger partial charge in [-0.15, -0.1) is 0 Å². The molecule has 0 saturated carbocycles. The third-order valence-corrected chi connectivity index (χ3v) is 3.87. The summed E-state index contributed by atoms with van der Waals surface area (Å²) in [5.74, 6) is 2.20. The normalized spacial score (nSPS) is 24.8. The van der Waals surface area contributed by atoms with Crippen LogP contribution in [0, 0.1) is 12.8 Å². The van der Waals surface area contributed by atoms with Gasteiger partial charge in [0.25, 0.3) is 0 Å². The largest absolute Gasteiger partial charge is 0.340 e. The minimum absolute atomic E-state index is 0.658. The number of hydrogen-bond donors (Lipinski definition) is 1. The molecule has 2 heterocycles. The molecule has 2 unspecified atom stereocenters. The summed E-state index contributed by atoms with van der Waals surface area (Å²) in [5, 5.41) is 7.60. The van der Waals surface area contributed by atoms with Crippen LogP contribution in [0.3, 0.4) is 0 Å². The Kier molecular flexibility index (Phi) is 5.34. The Labute approximate surface area is 115 Å². The molecule has 0 aliphatic carbocycles. The topological polar surface area (TPSA) is 54.2 Å². The van der Waals surface area contributed by atoms with Gasteiger partial charge in [-0.2, -0.15) is 4.98 Å². The summed E-state index contributed by atoms with van der Waals surface area (Å²) in [6.07, 6.45) is 3.34. The number of nitrogens with zero attached hydrogens (tertiary/aromatic N) is 3. The summed E-state index contributed by atoms with van der Waals surface area (Å²) >= 11 is 0. The Hall–Kier alpha value is -0.940. The average molecular weight is 266 g/mol. The molecule has 5 nitrogen and oxygen atoms in total. The highest BCUT2D eigenvalue weighted by Crippen LogP contribution is 2.17. The lowest BCUT2D eigenvalue weighted by molar-refractivity contribution is 0.148. The molecular weight excluding hydrogens is 240 g/mol. The molecule has 0 bridgehead atoms. The summed E-state index contributed by atoms with van der Waals surface area (Å²) in [5.41, 5.74) is 0. The van der Waals surface area contributed by atoms with Gasteiger partial charge >= 0.3 is 0 Å². The molecule has 0 spiro atoms. The van der Waals surface area contributed by atoms with Crippen LogP contribution in [-0.2, 0) is 6.42 Å². The van der Waals surface area contributed by atoms with Gasteiger partial charge in [-0.25, -0.2) is 0 Å². The molecule has 5 heteroatoms. The molecule has 1 N–H and O–H groups in total. The predicted octanol–water partition coefficient (Wildman–Crippen LogP) is 1.63. The molecule has 1 aromatic rings. The van der Waals surface area contributed by atoms with Crippen LogP contribution in [0.4, 0.5) is 0 Å². The van der Waals surface area contributed by atoms with Crippen molar-refractivity contribution in [2.24, 2.45) is 5.92 Å². The Morgan fingerprint density at radius 2 is 2.32 bits per heavy atom. The molecule has 2 atom stereocenters. The summed E-state index contributed by atoms with van der Waals surface area (Å²) < 4.78 is 5.00. The van der Waals surface area contributed by atoms with Gasteiger partial charge in [0, 0.05) is 32.5 Å². The molecule has 1 aliphatic rings. The minimum Gasteiger partial charge on any atom is -0.340 e. The number of aromatic nitrogens is 2. The van der Waals surface area contributed by atoms with Crippen molar-refractivity contribution in [1.29, 1.82) is 0 Å². The molecule has 0 radical (unpaired) electrons. The Bertz CT molecular complexity index is 379. The zero-order valence-corrected chi connectivity index (χ0v) is 12.4. The highest BCUT2D eigenvalue weighted by atomic mass is 16.5. The Morgan fingerprint density at radius 3 is 2.95 bits per heavy atom. The van der Waals surface area contributed by atoms with E-state index in [0.29, 0.717) is 17.9 Å². The summed E-state index contributed by atoms with van der Waals surface area (Å²) in [6, 6.07) is 0.684. The zero-order chi connectivity index (χ0) is 13.7. The van der Waals surface area contributed by atoms with Gasteiger partial charge in [0.2, 0.25) is 5.89 Å². The molecule has 1 aliphatic heterocycles. The second-order valence-electron chi connectivity index (χ2n) is 5.61. The number of rotatable bonds is 6. The summed E-state index contributed by atoms with van der Waals surface area (Å²) in [6.45, 7) is 10.9. The van der Waals surface area contributed by atoms with E-state index in [1.54, 1.807) is 0 Å². The maximum Gasteiger partial charge on any atom is 0.223 e. The van der Waals surface area contributed by atoms with E-state index < -0.39 is 0 Å². The first-order valence-corrected chi connectivity index (χ1v) is 7.44. The second-order valence-corrected chi connectivity index (χ2v) is 5.61. The maximum absolute atomic E-state index is 5.00. The molecule has 1 aromatic heterocycles. The van der Waals surface area contributed by atoms with Crippen molar-refractivity contribution >= 4 is 0 Å². The van der Waals surface area contributed by atoms with Crippen molar-refractivity contribution < 1.29 is 4.52 Å². The van der Waals surface area contributed by atoms with Crippen LogP contribution < -0.4 is 5.32 Å². The van der Waals surface area contributed by atoms with Crippen LogP contribution in [0.5, 0.6) is 0 Å². The van der Waals surface area contributed by atoms with Crippen LogP contribution in [0.1, 0.15) is 38.4 Å². The molecule has 0 amide bonds. The fraction of sp³-hybridized carbons (Fsp3) is 0.857. The summed E-state index contributed by atoms with van der Waals surface area (Å²) in [4.78, 5) is 6.77. The van der Waals surface area contributed by atoms with E-state index in [1.165, 1.54) is 19.4 Å². The lowest BCUT2D eigenvalue weighted by Gasteiger charge is -2.37. The van der Waals surface area contributed by atoms with Crippen molar-refractivity contribution in [3.05, 3.63) is 11.7 Å². The smallest absolute Gasteiger partial charge is 0.223 e. The van der Waals surface area contributed by atoms with E-state index in [0.717, 1.165) is 31.9 Å². The van der Waals surface area contributed by atoms with E-state index >= 15 is 0 Å². The van der Waals surface area contributed by atoms with Crippen LogP contribution in [0.2, 0.25) is 0 Å². The van der Waals surface area contributed by atoms with E-state index in [1.807, 2.05) is 6.92 Å². The fourth-order valence-electron chi connectivity index (χ4n) is 2.77. The average Bonchev–Trinajstić information content (AvgIpc) is 2.81. The predicted molar refractivity (Wildman–Crippen MR) is 75.0 cm³/mol. The van der Waals surface area contributed by atoms with Crippen LogP contribution in [0.25, 0.3) is 0 Å². The monoisotopic (exact) mass is 266 g/mol. The SMILES string of the molecule is CCCNC1CCN(CCc2noc(C)n2)CC1C. The fourth-order valence-corrected chi connectivity index (χ4v) is 2.77. The van der Waals surface area contributed by atoms with Crippen molar-refractivity contribution in [2.75, 3.05) is 26.2 Å². The van der Waals surface area contributed by atoms with Gasteiger partial charge < -0.3 is 14.7 Å². The van der Waals surface area contributed by atoms with E-state index in [2.05, 4.69) is 34.2 Å². The van der Waals surface area contributed by atoms with Gasteiger partial charge in [-0.1, -0.05) is 19.0 Å². The molecule has 19 heavy (non-hydrogen) atoms. The Balaban J connectivity index is 1.72. The Morgan fingerprint density at radius 1 is 1.47 bits per heavy atom. The summed E-state index contributed by atoms with van der Waals surface area (Å²) in [7, 11) is 0. The zero-order valence-electron chi connectivity index (χ0n) is 12.4. The van der Waals surface area contributed by atoms with Gasteiger partial charge in [0.1, 0.15) is 0 Å². The number of nitrogens with one attached hydrogen (secondary N) is 1. The van der Waals surface area contributed by atoms with Crippen molar-refractivity contribution in [3.8, 4) is 0 Å². The molecule has 108 valence electrons. The van der Waals surface area contributed by atoms with Crippen LogP contribution in [-0.4, -0.2) is 47.3 Å². The molecule has 1 fully saturated rings. The van der Waals surface area contributed by atoms with Crippen molar-refractivity contribution in [3.63, 3.8) is 0 Å². The van der Waals surface area contributed by atoms with Crippen molar-refractivity contribution in [2.45, 2.75) is 46.1 Å². The van der Waals surface area contributed by atoms with Crippen molar-refractivity contribution in [1.82, 2.24) is 20.4 Å². The van der Waals surface area contributed by atoms with E-state index in [4.69, 9.17) is 4.52 Å². The van der Waals surface area contributed by atoms with Crippen LogP contribution in [0.15, 0.2) is 4.52 Å². The highest BCUT2D eigenvalue weighted by Gasteiger charge is 2.25. The van der Waals surface area contributed by atoms with Gasteiger partial charge in [-0.3, -0.25) is 0 Å². The third-order valence-electron chi connectivity index (χ3n) is 3.87. The minimum atomic E-state index is 0.658. The third kappa shape index (κ3) is 4.28. The molecule has 1 saturated heterocycles. The van der Waals surface area contributed by atoms with Crippen LogP contribution >= 0.6 is 0 Å². The molecule has 2 rings (SSSR count). The van der Waals surface area contributed by atoms with Gasteiger partial charge in [-0.05, 0) is 31.8 Å². The first-order chi connectivity index (χ1) is 9.19.